The van der Waals surface area contributed by atoms with Gasteiger partial charge in [-0.25, -0.2) is 0 Å². The highest BCUT2D eigenvalue weighted by Crippen LogP contribution is 2.26. The van der Waals surface area contributed by atoms with Gasteiger partial charge in [-0.15, -0.1) is 0 Å². The molecule has 1 heterocycles. The Bertz CT molecular complexity index is 352. The molecule has 0 aromatic carbocycles. The second-order valence-corrected chi connectivity index (χ2v) is 5.11. The van der Waals surface area contributed by atoms with Crippen molar-refractivity contribution in [2.75, 3.05) is 19.8 Å². The van der Waals surface area contributed by atoms with Crippen LogP contribution in [0.1, 0.15) is 52.3 Å². The Kier molecular flexibility index (Phi) is 7.02. The molecule has 2 unspecified atom stereocenters. The summed E-state index contributed by atoms with van der Waals surface area (Å²) in [6.07, 6.45) is 0.706. The van der Waals surface area contributed by atoms with Crippen molar-refractivity contribution < 1.29 is 9.26 Å². The number of aromatic nitrogens is 2. The molecule has 5 heteroatoms. The minimum absolute atomic E-state index is 0.244. The van der Waals surface area contributed by atoms with E-state index in [9.17, 15) is 0 Å². The van der Waals surface area contributed by atoms with E-state index in [0.29, 0.717) is 25.0 Å². The van der Waals surface area contributed by atoms with Crippen LogP contribution in [0.3, 0.4) is 0 Å². The first-order chi connectivity index (χ1) is 9.10. The van der Waals surface area contributed by atoms with Crippen molar-refractivity contribution in [2.24, 2.45) is 5.92 Å². The van der Waals surface area contributed by atoms with Crippen molar-refractivity contribution in [1.82, 2.24) is 15.5 Å². The SMILES string of the molecule is CCNC(C)C(c1nc(CCOCC)no1)C(C)C. The number of nitrogens with one attached hydrogen (secondary N) is 1. The quantitative estimate of drug-likeness (QED) is 0.697. The lowest BCUT2D eigenvalue weighted by Crippen LogP contribution is -2.34. The lowest BCUT2D eigenvalue weighted by molar-refractivity contribution is 0.149. The molecule has 0 aliphatic carbocycles. The van der Waals surface area contributed by atoms with E-state index in [0.717, 1.165) is 24.9 Å². The molecule has 2 atom stereocenters. The predicted octanol–water partition coefficient (Wildman–Crippen LogP) is 2.39. The van der Waals surface area contributed by atoms with Crippen molar-refractivity contribution in [1.29, 1.82) is 0 Å². The molecule has 0 radical (unpaired) electrons. The first kappa shape index (κ1) is 16.1. The summed E-state index contributed by atoms with van der Waals surface area (Å²) in [7, 11) is 0. The summed E-state index contributed by atoms with van der Waals surface area (Å²) in [6.45, 7) is 12.9. The number of hydrogen-bond acceptors (Lipinski definition) is 5. The summed E-state index contributed by atoms with van der Waals surface area (Å²) in [6, 6.07) is 0.324. The molecule has 0 amide bonds. The number of rotatable bonds is 9. The third kappa shape index (κ3) is 4.91. The summed E-state index contributed by atoms with van der Waals surface area (Å²) in [4.78, 5) is 4.51. The number of likely N-dealkylation sites (N-methyl/N-ethyl adjacent to an activating group) is 1. The first-order valence-electron chi connectivity index (χ1n) is 7.23. The van der Waals surface area contributed by atoms with E-state index in [1.165, 1.54) is 0 Å². The highest BCUT2D eigenvalue weighted by molar-refractivity contribution is 5.00. The van der Waals surface area contributed by atoms with Crippen LogP contribution in [0.2, 0.25) is 0 Å². The molecule has 19 heavy (non-hydrogen) atoms. The van der Waals surface area contributed by atoms with E-state index in [2.05, 4.69) is 43.2 Å². The Hall–Kier alpha value is -0.940. The Morgan fingerprint density at radius 2 is 2.00 bits per heavy atom. The Morgan fingerprint density at radius 1 is 1.26 bits per heavy atom. The molecule has 0 saturated heterocycles. The van der Waals surface area contributed by atoms with Crippen LogP contribution in [0.25, 0.3) is 0 Å². The molecular weight excluding hydrogens is 242 g/mol. The Morgan fingerprint density at radius 3 is 2.58 bits per heavy atom. The fourth-order valence-corrected chi connectivity index (χ4v) is 2.34. The molecule has 0 bridgehead atoms. The van der Waals surface area contributed by atoms with E-state index in [1.807, 2.05) is 6.92 Å². The number of ether oxygens (including phenoxy) is 1. The van der Waals surface area contributed by atoms with Gasteiger partial charge < -0.3 is 14.6 Å². The average molecular weight is 269 g/mol. The zero-order valence-electron chi connectivity index (χ0n) is 12.8. The number of nitrogens with zero attached hydrogens (tertiary/aromatic N) is 2. The lowest BCUT2D eigenvalue weighted by atomic mass is 9.89. The van der Waals surface area contributed by atoms with Gasteiger partial charge in [0.1, 0.15) is 0 Å². The largest absolute Gasteiger partial charge is 0.381 e. The third-order valence-corrected chi connectivity index (χ3v) is 3.23. The van der Waals surface area contributed by atoms with Gasteiger partial charge in [-0.1, -0.05) is 25.9 Å². The van der Waals surface area contributed by atoms with Crippen LogP contribution in [0.15, 0.2) is 4.52 Å². The highest BCUT2D eigenvalue weighted by atomic mass is 16.5. The van der Waals surface area contributed by atoms with Crippen LogP contribution < -0.4 is 5.32 Å². The minimum Gasteiger partial charge on any atom is -0.381 e. The minimum atomic E-state index is 0.244. The maximum atomic E-state index is 5.43. The maximum absolute atomic E-state index is 5.43. The van der Waals surface area contributed by atoms with Crippen LogP contribution in [0, 0.1) is 5.92 Å². The molecule has 0 aliphatic heterocycles. The van der Waals surface area contributed by atoms with E-state index < -0.39 is 0 Å². The Labute approximate surface area is 116 Å². The van der Waals surface area contributed by atoms with E-state index in [4.69, 9.17) is 9.26 Å². The average Bonchev–Trinajstić information content (AvgIpc) is 2.78. The van der Waals surface area contributed by atoms with Crippen molar-refractivity contribution >= 4 is 0 Å². The van der Waals surface area contributed by atoms with Gasteiger partial charge in [0.25, 0.3) is 0 Å². The summed E-state index contributed by atoms with van der Waals surface area (Å²) < 4.78 is 10.7. The zero-order valence-corrected chi connectivity index (χ0v) is 12.8. The zero-order chi connectivity index (χ0) is 14.3. The van der Waals surface area contributed by atoms with Crippen LogP contribution in [-0.2, 0) is 11.2 Å². The van der Waals surface area contributed by atoms with Crippen molar-refractivity contribution in [2.45, 2.75) is 53.0 Å². The van der Waals surface area contributed by atoms with Gasteiger partial charge >= 0.3 is 0 Å². The van der Waals surface area contributed by atoms with Gasteiger partial charge in [0.2, 0.25) is 5.89 Å². The smallest absolute Gasteiger partial charge is 0.231 e. The molecule has 1 aromatic heterocycles. The van der Waals surface area contributed by atoms with Crippen LogP contribution in [0.4, 0.5) is 0 Å². The molecule has 5 nitrogen and oxygen atoms in total. The van der Waals surface area contributed by atoms with Crippen LogP contribution >= 0.6 is 0 Å². The molecular formula is C14H27N3O2. The van der Waals surface area contributed by atoms with Crippen LogP contribution in [0.5, 0.6) is 0 Å². The van der Waals surface area contributed by atoms with Crippen molar-refractivity contribution in [3.63, 3.8) is 0 Å². The molecule has 1 aromatic rings. The second kappa shape index (κ2) is 8.27. The van der Waals surface area contributed by atoms with E-state index in [1.54, 1.807) is 0 Å². The second-order valence-electron chi connectivity index (χ2n) is 5.11. The maximum Gasteiger partial charge on any atom is 0.231 e. The first-order valence-corrected chi connectivity index (χ1v) is 7.23. The summed E-state index contributed by atoms with van der Waals surface area (Å²) in [5.74, 6) is 2.16. The summed E-state index contributed by atoms with van der Waals surface area (Å²) in [5.41, 5.74) is 0. The molecule has 0 aliphatic rings. The fraction of sp³-hybridized carbons (Fsp3) is 0.857. The van der Waals surface area contributed by atoms with Gasteiger partial charge in [-0.3, -0.25) is 0 Å². The molecule has 1 N–H and O–H groups in total. The van der Waals surface area contributed by atoms with Crippen LogP contribution in [-0.4, -0.2) is 35.9 Å². The third-order valence-electron chi connectivity index (χ3n) is 3.23. The molecule has 1 rings (SSSR count). The van der Waals surface area contributed by atoms with E-state index in [-0.39, 0.29) is 5.92 Å². The monoisotopic (exact) mass is 269 g/mol. The number of hydrogen-bond donors (Lipinski definition) is 1. The van der Waals surface area contributed by atoms with Gasteiger partial charge in [0.05, 0.1) is 12.5 Å². The van der Waals surface area contributed by atoms with Gasteiger partial charge in [-0.05, 0) is 26.3 Å². The summed E-state index contributed by atoms with van der Waals surface area (Å²) >= 11 is 0. The van der Waals surface area contributed by atoms with Crippen molar-refractivity contribution in [3.05, 3.63) is 11.7 Å². The lowest BCUT2D eigenvalue weighted by Gasteiger charge is -2.24. The van der Waals surface area contributed by atoms with Gasteiger partial charge in [0, 0.05) is 19.1 Å². The Balaban J connectivity index is 2.69. The molecule has 110 valence electrons. The standard InChI is InChI=1S/C14H27N3O2/c1-6-15-11(5)13(10(3)4)14-16-12(17-19-14)8-9-18-7-2/h10-11,13,15H,6-9H2,1-5H3. The molecule has 0 fully saturated rings. The normalized spacial score (nSPS) is 14.8. The summed E-state index contributed by atoms with van der Waals surface area (Å²) in [5, 5.41) is 7.47. The molecule has 0 spiro atoms. The fourth-order valence-electron chi connectivity index (χ4n) is 2.34. The van der Waals surface area contributed by atoms with Crippen molar-refractivity contribution in [3.8, 4) is 0 Å². The topological polar surface area (TPSA) is 60.2 Å². The van der Waals surface area contributed by atoms with Gasteiger partial charge in [0.15, 0.2) is 5.82 Å². The molecule has 0 saturated carbocycles. The predicted molar refractivity (Wildman–Crippen MR) is 75.2 cm³/mol. The van der Waals surface area contributed by atoms with E-state index >= 15 is 0 Å². The van der Waals surface area contributed by atoms with Gasteiger partial charge in [-0.2, -0.15) is 4.98 Å². The highest BCUT2D eigenvalue weighted by Gasteiger charge is 2.27.